The Kier molecular flexibility index (Phi) is 6.15. The molecule has 13 heteroatoms. The first-order valence-electron chi connectivity index (χ1n) is 12.1. The fourth-order valence-corrected chi connectivity index (χ4v) is 6.14. The molecule has 2 amide bonds. The molecule has 3 aliphatic heterocycles. The number of nitro benzene ring substituents is 1. The van der Waals surface area contributed by atoms with Crippen molar-refractivity contribution in [2.24, 2.45) is 11.8 Å². The fourth-order valence-electron chi connectivity index (χ4n) is 6.14. The lowest BCUT2D eigenvalue weighted by Crippen LogP contribution is -2.58. The Balaban J connectivity index is 1.33. The fraction of sp³-hybridized carbons (Fsp3) is 0.423. The van der Waals surface area contributed by atoms with Crippen molar-refractivity contribution in [1.29, 1.82) is 5.26 Å². The van der Waals surface area contributed by atoms with Gasteiger partial charge in [-0.25, -0.2) is 4.90 Å². The van der Waals surface area contributed by atoms with Gasteiger partial charge in [-0.2, -0.15) is 18.4 Å². The lowest BCUT2D eigenvalue weighted by molar-refractivity contribution is -0.384. The maximum Gasteiger partial charge on any atom is 0.417 e. The third-order valence-electron chi connectivity index (χ3n) is 7.57. The Hall–Kier alpha value is -4.02. The number of fused-ring (bicyclic) bond motifs is 5. The number of amides is 2. The van der Waals surface area contributed by atoms with Crippen LogP contribution in [0.5, 0.6) is 5.75 Å². The standard InChI is InChI=1S/C26H23F3N4O6/c1-24-13-31(9-10-38-18-7-5-16(6-8-18)33(36)37)14-25(2,39-24)21-20(24)22(34)32(23(21)35)17-4-3-15(12-30)19(11-17)26(27,28)29/h3-8,11,20-21H,9-10,13-14H2,1-2H3/t20-,21+,24+,25-. The normalized spacial score (nSPS) is 28.4. The molecule has 3 fully saturated rings. The molecule has 0 saturated carbocycles. The molecule has 2 aromatic rings. The van der Waals surface area contributed by atoms with Gasteiger partial charge in [-0.1, -0.05) is 0 Å². The molecule has 0 radical (unpaired) electrons. The van der Waals surface area contributed by atoms with Crippen molar-refractivity contribution in [2.75, 3.05) is 31.1 Å². The number of likely N-dealkylation sites (tertiary alicyclic amines) is 1. The van der Waals surface area contributed by atoms with E-state index < -0.39 is 57.1 Å². The average molecular weight is 544 g/mol. The number of morpholine rings is 1. The zero-order valence-electron chi connectivity index (χ0n) is 20.9. The predicted molar refractivity (Wildman–Crippen MR) is 129 cm³/mol. The molecular formula is C26H23F3N4O6. The highest BCUT2D eigenvalue weighted by Crippen LogP contribution is 2.55. The van der Waals surface area contributed by atoms with Gasteiger partial charge in [0.1, 0.15) is 12.4 Å². The topological polar surface area (TPSA) is 126 Å². The molecule has 2 aromatic carbocycles. The number of alkyl halides is 3. The minimum atomic E-state index is -4.84. The number of hydrogen-bond acceptors (Lipinski definition) is 8. The Morgan fingerprint density at radius 2 is 1.69 bits per heavy atom. The van der Waals surface area contributed by atoms with E-state index in [-0.39, 0.29) is 31.1 Å². The molecule has 4 atom stereocenters. The second kappa shape index (κ2) is 9.03. The zero-order valence-corrected chi connectivity index (χ0v) is 20.9. The van der Waals surface area contributed by atoms with Crippen molar-refractivity contribution >= 4 is 23.2 Å². The lowest BCUT2D eigenvalue weighted by Gasteiger charge is -2.45. The maximum absolute atomic E-state index is 13.6. The summed E-state index contributed by atoms with van der Waals surface area (Å²) in [5, 5.41) is 19.9. The number of non-ortho nitro benzene ring substituents is 1. The van der Waals surface area contributed by atoms with Crippen molar-refractivity contribution in [3.05, 3.63) is 63.7 Å². The second-order valence-electron chi connectivity index (χ2n) is 10.3. The first kappa shape index (κ1) is 26.6. The van der Waals surface area contributed by atoms with Gasteiger partial charge in [-0.3, -0.25) is 24.6 Å². The van der Waals surface area contributed by atoms with E-state index in [1.54, 1.807) is 13.8 Å². The number of benzene rings is 2. The SMILES string of the molecule is C[C@]12CN(CCOc3ccc([N+](=O)[O-])cc3)C[C@](C)(O1)[C@H]1C(=O)N(c3ccc(C#N)c(C(F)(F)F)c3)C(=O)[C@H]12. The Morgan fingerprint density at radius 3 is 2.21 bits per heavy atom. The maximum atomic E-state index is 13.6. The predicted octanol–water partition coefficient (Wildman–Crippen LogP) is 3.53. The number of nitrogens with zero attached hydrogens (tertiary/aromatic N) is 4. The summed E-state index contributed by atoms with van der Waals surface area (Å²) in [6, 6.07) is 9.95. The van der Waals surface area contributed by atoms with Crippen molar-refractivity contribution in [3.8, 4) is 11.8 Å². The molecule has 3 heterocycles. The van der Waals surface area contributed by atoms with Crippen LogP contribution in [0.15, 0.2) is 42.5 Å². The number of carbonyl (C=O) groups is 2. The van der Waals surface area contributed by atoms with Crippen LogP contribution in [-0.4, -0.2) is 59.1 Å². The monoisotopic (exact) mass is 544 g/mol. The van der Waals surface area contributed by atoms with Crippen LogP contribution >= 0.6 is 0 Å². The smallest absolute Gasteiger partial charge is 0.417 e. The van der Waals surface area contributed by atoms with E-state index in [0.717, 1.165) is 11.0 Å². The summed E-state index contributed by atoms with van der Waals surface area (Å²) in [6.07, 6.45) is -4.84. The van der Waals surface area contributed by atoms with Crippen LogP contribution < -0.4 is 9.64 Å². The second-order valence-corrected chi connectivity index (χ2v) is 10.3. The van der Waals surface area contributed by atoms with Gasteiger partial charge >= 0.3 is 6.18 Å². The van der Waals surface area contributed by atoms with Crippen LogP contribution in [0.4, 0.5) is 24.5 Å². The number of imide groups is 1. The zero-order chi connectivity index (χ0) is 28.3. The van der Waals surface area contributed by atoms with E-state index in [1.807, 2.05) is 4.90 Å². The van der Waals surface area contributed by atoms with Gasteiger partial charge in [0.25, 0.3) is 5.69 Å². The molecule has 0 aromatic heterocycles. The number of nitro groups is 1. The van der Waals surface area contributed by atoms with Gasteiger partial charge in [0.05, 0.1) is 50.8 Å². The number of halogens is 3. The van der Waals surface area contributed by atoms with Gasteiger partial charge in [-0.15, -0.1) is 0 Å². The van der Waals surface area contributed by atoms with Crippen LogP contribution in [-0.2, 0) is 20.5 Å². The van der Waals surface area contributed by atoms with Crippen molar-refractivity contribution in [2.45, 2.75) is 31.2 Å². The van der Waals surface area contributed by atoms with E-state index in [1.165, 1.54) is 36.4 Å². The molecule has 0 aliphatic carbocycles. The molecule has 0 N–H and O–H groups in total. The third-order valence-corrected chi connectivity index (χ3v) is 7.57. The summed E-state index contributed by atoms with van der Waals surface area (Å²) in [5.41, 5.74) is -4.26. The molecule has 3 aliphatic rings. The van der Waals surface area contributed by atoms with E-state index in [0.29, 0.717) is 18.4 Å². The van der Waals surface area contributed by atoms with Crippen LogP contribution in [0.3, 0.4) is 0 Å². The van der Waals surface area contributed by atoms with Gasteiger partial charge in [-0.05, 0) is 44.2 Å². The van der Waals surface area contributed by atoms with Gasteiger partial charge < -0.3 is 9.47 Å². The van der Waals surface area contributed by atoms with Crippen molar-refractivity contribution in [1.82, 2.24) is 4.90 Å². The van der Waals surface area contributed by atoms with Gasteiger partial charge in [0, 0.05) is 31.8 Å². The van der Waals surface area contributed by atoms with E-state index in [4.69, 9.17) is 14.7 Å². The highest BCUT2D eigenvalue weighted by Gasteiger charge is 2.71. The Bertz CT molecular complexity index is 1370. The number of hydrogen-bond donors (Lipinski definition) is 0. The molecule has 0 unspecified atom stereocenters. The molecule has 204 valence electrons. The minimum Gasteiger partial charge on any atom is -0.492 e. The van der Waals surface area contributed by atoms with Gasteiger partial charge in [0.2, 0.25) is 11.8 Å². The lowest BCUT2D eigenvalue weighted by atomic mass is 9.79. The molecule has 2 bridgehead atoms. The molecule has 39 heavy (non-hydrogen) atoms. The summed E-state index contributed by atoms with van der Waals surface area (Å²) in [4.78, 5) is 40.2. The molecule has 5 rings (SSSR count). The summed E-state index contributed by atoms with van der Waals surface area (Å²) in [5.74, 6) is -2.63. The summed E-state index contributed by atoms with van der Waals surface area (Å²) in [7, 11) is 0. The molecule has 3 saturated heterocycles. The van der Waals surface area contributed by atoms with Crippen molar-refractivity contribution < 1.29 is 37.2 Å². The van der Waals surface area contributed by atoms with Crippen LogP contribution in [0.25, 0.3) is 0 Å². The molecule has 0 spiro atoms. The molecule has 10 nitrogen and oxygen atoms in total. The summed E-state index contributed by atoms with van der Waals surface area (Å²) < 4.78 is 52.6. The average Bonchev–Trinajstić information content (AvgIpc) is 3.23. The van der Waals surface area contributed by atoms with Gasteiger partial charge in [0.15, 0.2) is 0 Å². The summed E-state index contributed by atoms with van der Waals surface area (Å²) >= 11 is 0. The van der Waals surface area contributed by atoms with E-state index in [2.05, 4.69) is 0 Å². The summed E-state index contributed by atoms with van der Waals surface area (Å²) in [6.45, 7) is 4.64. The Labute approximate surface area is 220 Å². The first-order valence-corrected chi connectivity index (χ1v) is 12.1. The number of ether oxygens (including phenoxy) is 2. The van der Waals surface area contributed by atoms with E-state index >= 15 is 0 Å². The largest absolute Gasteiger partial charge is 0.492 e. The highest BCUT2D eigenvalue weighted by molar-refractivity contribution is 6.23. The number of nitriles is 1. The van der Waals surface area contributed by atoms with Crippen LogP contribution in [0, 0.1) is 33.3 Å². The highest BCUT2D eigenvalue weighted by atomic mass is 19.4. The minimum absolute atomic E-state index is 0.0569. The van der Waals surface area contributed by atoms with Crippen LogP contribution in [0.1, 0.15) is 25.0 Å². The van der Waals surface area contributed by atoms with Crippen molar-refractivity contribution in [3.63, 3.8) is 0 Å². The number of anilines is 1. The first-order chi connectivity index (χ1) is 18.3. The van der Waals surface area contributed by atoms with Crippen LogP contribution in [0.2, 0.25) is 0 Å². The van der Waals surface area contributed by atoms with E-state index in [9.17, 15) is 32.9 Å². The Morgan fingerprint density at radius 1 is 1.10 bits per heavy atom. The quantitative estimate of drug-likeness (QED) is 0.307. The number of rotatable bonds is 6. The molecular weight excluding hydrogens is 521 g/mol. The number of carbonyl (C=O) groups excluding carboxylic acids is 2. The third kappa shape index (κ3) is 4.39.